The molecule has 2 rings (SSSR count). The summed E-state index contributed by atoms with van der Waals surface area (Å²) in [7, 11) is 1.25. The molecule has 2 aromatic carbocycles. The number of anilines is 2. The molecule has 0 saturated carbocycles. The summed E-state index contributed by atoms with van der Waals surface area (Å²) in [4.78, 5) is 36.1. The summed E-state index contributed by atoms with van der Waals surface area (Å²) < 4.78 is 9.97. The van der Waals surface area contributed by atoms with Crippen LogP contribution < -0.4 is 16.0 Å². The van der Waals surface area contributed by atoms with Crippen molar-refractivity contribution in [2.45, 2.75) is 38.8 Å². The van der Waals surface area contributed by atoms with E-state index >= 15 is 0 Å². The Morgan fingerprint density at radius 1 is 0.900 bits per heavy atom. The van der Waals surface area contributed by atoms with Crippen molar-refractivity contribution in [2.24, 2.45) is 0 Å². The van der Waals surface area contributed by atoms with Crippen LogP contribution in [-0.4, -0.2) is 36.8 Å². The Morgan fingerprint density at radius 2 is 1.47 bits per heavy atom. The SMILES string of the molecule is COC(=O)[C@@H](Cc1ccc(NC(=O)Nc2ccccc2)cc1)NC(=O)OC(C)(C)C. The first-order chi connectivity index (χ1) is 14.2. The average Bonchev–Trinajstić information content (AvgIpc) is 2.67. The molecular weight excluding hydrogens is 386 g/mol. The van der Waals surface area contributed by atoms with Crippen molar-refractivity contribution < 1.29 is 23.9 Å². The zero-order chi connectivity index (χ0) is 22.1. The fourth-order valence-corrected chi connectivity index (χ4v) is 2.56. The second-order valence-corrected chi connectivity index (χ2v) is 7.57. The lowest BCUT2D eigenvalue weighted by Gasteiger charge is -2.22. The van der Waals surface area contributed by atoms with Crippen LogP contribution in [0.15, 0.2) is 54.6 Å². The Labute approximate surface area is 175 Å². The van der Waals surface area contributed by atoms with Crippen molar-refractivity contribution >= 4 is 29.5 Å². The zero-order valence-corrected chi connectivity index (χ0v) is 17.5. The molecule has 0 unspecified atom stereocenters. The summed E-state index contributed by atoms with van der Waals surface area (Å²) in [5.41, 5.74) is 1.36. The summed E-state index contributed by atoms with van der Waals surface area (Å²) in [5.74, 6) is -0.578. The molecule has 0 aliphatic heterocycles. The molecule has 0 heterocycles. The quantitative estimate of drug-likeness (QED) is 0.622. The minimum atomic E-state index is -0.898. The number of methoxy groups -OCH3 is 1. The van der Waals surface area contributed by atoms with E-state index in [0.717, 1.165) is 5.56 Å². The van der Waals surface area contributed by atoms with E-state index in [2.05, 4.69) is 16.0 Å². The third kappa shape index (κ3) is 7.83. The molecular formula is C22H27N3O5. The molecule has 0 aromatic heterocycles. The number of esters is 1. The normalized spacial score (nSPS) is 11.7. The summed E-state index contributed by atoms with van der Waals surface area (Å²) in [6.45, 7) is 5.21. The number of para-hydroxylation sites is 1. The van der Waals surface area contributed by atoms with Crippen LogP contribution >= 0.6 is 0 Å². The summed E-state index contributed by atoms with van der Waals surface area (Å²) in [6.07, 6.45) is -0.489. The molecule has 2 aromatic rings. The molecule has 8 heteroatoms. The molecule has 0 aliphatic carbocycles. The van der Waals surface area contributed by atoms with Gasteiger partial charge >= 0.3 is 18.1 Å². The highest BCUT2D eigenvalue weighted by molar-refractivity contribution is 5.99. The van der Waals surface area contributed by atoms with E-state index in [-0.39, 0.29) is 12.5 Å². The largest absolute Gasteiger partial charge is 0.467 e. The monoisotopic (exact) mass is 413 g/mol. The van der Waals surface area contributed by atoms with Gasteiger partial charge in [0, 0.05) is 17.8 Å². The summed E-state index contributed by atoms with van der Waals surface area (Å²) >= 11 is 0. The maximum Gasteiger partial charge on any atom is 0.408 e. The molecule has 0 saturated heterocycles. The Hall–Kier alpha value is -3.55. The second kappa shape index (κ2) is 10.3. The number of rotatable bonds is 6. The fourth-order valence-electron chi connectivity index (χ4n) is 2.56. The first kappa shape index (κ1) is 22.7. The first-order valence-corrected chi connectivity index (χ1v) is 9.45. The number of amides is 3. The van der Waals surface area contributed by atoms with Crippen molar-refractivity contribution in [3.8, 4) is 0 Å². The molecule has 160 valence electrons. The van der Waals surface area contributed by atoms with Crippen molar-refractivity contribution in [1.29, 1.82) is 0 Å². The highest BCUT2D eigenvalue weighted by Crippen LogP contribution is 2.14. The highest BCUT2D eigenvalue weighted by atomic mass is 16.6. The third-order valence-corrected chi connectivity index (χ3v) is 3.86. The summed E-state index contributed by atoms with van der Waals surface area (Å²) in [6, 6.07) is 14.7. The van der Waals surface area contributed by atoms with E-state index in [4.69, 9.17) is 9.47 Å². The smallest absolute Gasteiger partial charge is 0.408 e. The van der Waals surface area contributed by atoms with Crippen LogP contribution in [0, 0.1) is 0 Å². The third-order valence-electron chi connectivity index (χ3n) is 3.86. The van der Waals surface area contributed by atoms with E-state index in [9.17, 15) is 14.4 Å². The van der Waals surface area contributed by atoms with Gasteiger partial charge < -0.3 is 25.4 Å². The van der Waals surface area contributed by atoms with Crippen LogP contribution in [0.5, 0.6) is 0 Å². The molecule has 3 N–H and O–H groups in total. The number of carbonyl (C=O) groups is 3. The number of alkyl carbamates (subject to hydrolysis) is 1. The Balaban J connectivity index is 1.96. The van der Waals surface area contributed by atoms with Gasteiger partial charge in [0.15, 0.2) is 0 Å². The van der Waals surface area contributed by atoms with Crippen LogP contribution in [-0.2, 0) is 20.7 Å². The van der Waals surface area contributed by atoms with Gasteiger partial charge in [0.05, 0.1) is 7.11 Å². The molecule has 8 nitrogen and oxygen atoms in total. The van der Waals surface area contributed by atoms with E-state index in [1.54, 1.807) is 57.2 Å². The second-order valence-electron chi connectivity index (χ2n) is 7.57. The lowest BCUT2D eigenvalue weighted by Crippen LogP contribution is -2.45. The number of nitrogens with one attached hydrogen (secondary N) is 3. The Morgan fingerprint density at radius 3 is 2.00 bits per heavy atom. The van der Waals surface area contributed by atoms with Gasteiger partial charge in [0.25, 0.3) is 0 Å². The minimum absolute atomic E-state index is 0.211. The lowest BCUT2D eigenvalue weighted by atomic mass is 10.1. The average molecular weight is 413 g/mol. The van der Waals surface area contributed by atoms with Crippen LogP contribution in [0.1, 0.15) is 26.3 Å². The van der Waals surface area contributed by atoms with Gasteiger partial charge in [-0.2, -0.15) is 0 Å². The molecule has 1 atom stereocenters. The maximum absolute atomic E-state index is 12.1. The Kier molecular flexibility index (Phi) is 7.80. The lowest BCUT2D eigenvalue weighted by molar-refractivity contribution is -0.143. The zero-order valence-electron chi connectivity index (χ0n) is 17.5. The number of urea groups is 1. The summed E-state index contributed by atoms with van der Waals surface area (Å²) in [5, 5.41) is 7.99. The van der Waals surface area contributed by atoms with Gasteiger partial charge in [-0.3, -0.25) is 0 Å². The number of hydrogen-bond acceptors (Lipinski definition) is 5. The van der Waals surface area contributed by atoms with Gasteiger partial charge in [0.2, 0.25) is 0 Å². The molecule has 30 heavy (non-hydrogen) atoms. The predicted molar refractivity (Wildman–Crippen MR) is 114 cm³/mol. The molecule has 0 radical (unpaired) electrons. The van der Waals surface area contributed by atoms with Gasteiger partial charge in [-0.25, -0.2) is 14.4 Å². The topological polar surface area (TPSA) is 106 Å². The predicted octanol–water partition coefficient (Wildman–Crippen LogP) is 3.94. The minimum Gasteiger partial charge on any atom is -0.467 e. The van der Waals surface area contributed by atoms with Crippen molar-refractivity contribution in [1.82, 2.24) is 5.32 Å². The Bertz CT molecular complexity index is 861. The van der Waals surface area contributed by atoms with E-state index < -0.39 is 23.7 Å². The number of benzene rings is 2. The maximum atomic E-state index is 12.1. The molecule has 3 amide bonds. The van der Waals surface area contributed by atoms with Crippen molar-refractivity contribution in [2.75, 3.05) is 17.7 Å². The fraction of sp³-hybridized carbons (Fsp3) is 0.318. The molecule has 0 aliphatic rings. The van der Waals surface area contributed by atoms with Gasteiger partial charge in [-0.05, 0) is 50.6 Å². The number of carbonyl (C=O) groups excluding carboxylic acids is 3. The first-order valence-electron chi connectivity index (χ1n) is 9.45. The van der Waals surface area contributed by atoms with E-state index in [1.165, 1.54) is 7.11 Å². The van der Waals surface area contributed by atoms with Crippen molar-refractivity contribution in [3.05, 3.63) is 60.2 Å². The van der Waals surface area contributed by atoms with Crippen molar-refractivity contribution in [3.63, 3.8) is 0 Å². The van der Waals surface area contributed by atoms with Crippen LogP contribution in [0.25, 0.3) is 0 Å². The molecule has 0 fully saturated rings. The number of ether oxygens (including phenoxy) is 2. The van der Waals surface area contributed by atoms with E-state index in [1.807, 2.05) is 18.2 Å². The number of hydrogen-bond donors (Lipinski definition) is 3. The standard InChI is InChI=1S/C22H27N3O5/c1-22(2,3)30-21(28)25-18(19(26)29-4)14-15-10-12-17(13-11-15)24-20(27)23-16-8-6-5-7-9-16/h5-13,18H,14H2,1-4H3,(H,25,28)(H2,23,24,27)/t18-/m1/s1. The van der Waals surface area contributed by atoms with Gasteiger partial charge in [0.1, 0.15) is 11.6 Å². The molecule has 0 spiro atoms. The van der Waals surface area contributed by atoms with Crippen LogP contribution in [0.3, 0.4) is 0 Å². The van der Waals surface area contributed by atoms with Gasteiger partial charge in [-0.1, -0.05) is 30.3 Å². The van der Waals surface area contributed by atoms with Gasteiger partial charge in [-0.15, -0.1) is 0 Å². The van der Waals surface area contributed by atoms with Crippen LogP contribution in [0.2, 0.25) is 0 Å². The van der Waals surface area contributed by atoms with Crippen LogP contribution in [0.4, 0.5) is 21.0 Å². The molecule has 0 bridgehead atoms. The highest BCUT2D eigenvalue weighted by Gasteiger charge is 2.25. The van der Waals surface area contributed by atoms with E-state index in [0.29, 0.717) is 11.4 Å².